The van der Waals surface area contributed by atoms with Gasteiger partial charge in [0.05, 0.1) is 0 Å². The lowest BCUT2D eigenvalue weighted by Crippen LogP contribution is -2.44. The zero-order valence-electron chi connectivity index (χ0n) is 12.6. The van der Waals surface area contributed by atoms with E-state index < -0.39 is 0 Å². The van der Waals surface area contributed by atoms with Gasteiger partial charge < -0.3 is 5.73 Å². The molecule has 110 valence electrons. The molecule has 0 saturated heterocycles. The van der Waals surface area contributed by atoms with Gasteiger partial charge in [-0.15, -0.1) is 11.8 Å². The third-order valence-corrected chi connectivity index (χ3v) is 6.50. The first-order chi connectivity index (χ1) is 9.70. The summed E-state index contributed by atoms with van der Waals surface area (Å²) in [6, 6.07) is 8.91. The van der Waals surface area contributed by atoms with Crippen molar-refractivity contribution in [2.45, 2.75) is 68.2 Å². The largest absolute Gasteiger partial charge is 0.325 e. The van der Waals surface area contributed by atoms with E-state index in [9.17, 15) is 0 Å². The van der Waals surface area contributed by atoms with E-state index >= 15 is 0 Å². The highest BCUT2D eigenvalue weighted by Gasteiger charge is 2.36. The lowest BCUT2D eigenvalue weighted by Gasteiger charge is -2.39. The molecule has 1 nitrogen and oxygen atoms in total. The summed E-state index contributed by atoms with van der Waals surface area (Å²) in [6.07, 6.45) is 9.10. The van der Waals surface area contributed by atoms with Crippen molar-refractivity contribution in [3.05, 3.63) is 29.8 Å². The predicted molar refractivity (Wildman–Crippen MR) is 88.3 cm³/mol. The van der Waals surface area contributed by atoms with Crippen molar-refractivity contribution < 1.29 is 0 Å². The van der Waals surface area contributed by atoms with Crippen molar-refractivity contribution in [3.63, 3.8) is 0 Å². The Labute approximate surface area is 127 Å². The van der Waals surface area contributed by atoms with Gasteiger partial charge in [-0.25, -0.2) is 0 Å². The number of thioether (sulfide) groups is 1. The molecule has 1 aliphatic carbocycles. The average molecular weight is 289 g/mol. The van der Waals surface area contributed by atoms with E-state index in [4.69, 9.17) is 5.73 Å². The first kappa shape index (κ1) is 14.5. The van der Waals surface area contributed by atoms with Gasteiger partial charge in [-0.05, 0) is 55.6 Å². The maximum atomic E-state index is 6.75. The third-order valence-electron chi connectivity index (χ3n) is 5.25. The Bertz CT molecular complexity index is 448. The summed E-state index contributed by atoms with van der Waals surface area (Å²) in [7, 11) is 0. The van der Waals surface area contributed by atoms with E-state index in [0.717, 1.165) is 5.92 Å². The van der Waals surface area contributed by atoms with Crippen molar-refractivity contribution in [3.8, 4) is 0 Å². The minimum Gasteiger partial charge on any atom is -0.325 e. The number of rotatable bonds is 4. The summed E-state index contributed by atoms with van der Waals surface area (Å²) in [5.41, 5.74) is 8.40. The fraction of sp³-hybridized carbons (Fsp3) is 0.667. The Morgan fingerprint density at radius 3 is 2.75 bits per heavy atom. The van der Waals surface area contributed by atoms with E-state index in [1.54, 1.807) is 5.56 Å². The number of benzene rings is 1. The molecule has 20 heavy (non-hydrogen) atoms. The van der Waals surface area contributed by atoms with Gasteiger partial charge in [0.15, 0.2) is 0 Å². The third kappa shape index (κ3) is 3.07. The summed E-state index contributed by atoms with van der Waals surface area (Å²) in [5, 5.41) is 0. The molecule has 2 aliphatic rings. The van der Waals surface area contributed by atoms with E-state index in [2.05, 4.69) is 31.2 Å². The molecule has 1 heterocycles. The summed E-state index contributed by atoms with van der Waals surface area (Å²) >= 11 is 2.02. The Hall–Kier alpha value is -0.470. The van der Waals surface area contributed by atoms with Crippen LogP contribution in [0.2, 0.25) is 0 Å². The number of hydrogen-bond acceptors (Lipinski definition) is 2. The standard InChI is InChI=1S/C18H27NS/c1-2-5-14-8-10-18(19,11-9-14)12-15-13-20-17-7-4-3-6-16(15)17/h3-4,6-7,14-15H,2,5,8-13,19H2,1H3. The molecule has 0 spiro atoms. The van der Waals surface area contributed by atoms with Crippen molar-refractivity contribution in [1.82, 2.24) is 0 Å². The molecular formula is C18H27NS. The molecule has 1 aliphatic heterocycles. The molecule has 0 amide bonds. The van der Waals surface area contributed by atoms with Crippen molar-refractivity contribution in [2.75, 3.05) is 5.75 Å². The van der Waals surface area contributed by atoms with Crippen LogP contribution in [0.25, 0.3) is 0 Å². The van der Waals surface area contributed by atoms with Crippen LogP contribution in [0.1, 0.15) is 63.4 Å². The molecule has 1 unspecified atom stereocenters. The molecular weight excluding hydrogens is 262 g/mol. The maximum Gasteiger partial charge on any atom is 0.0160 e. The second-order valence-corrected chi connectivity index (χ2v) is 7.91. The van der Waals surface area contributed by atoms with Gasteiger partial charge in [-0.3, -0.25) is 0 Å². The minimum atomic E-state index is 0.104. The Balaban J connectivity index is 1.61. The second-order valence-electron chi connectivity index (χ2n) is 6.84. The predicted octanol–water partition coefficient (Wildman–Crippen LogP) is 4.95. The van der Waals surface area contributed by atoms with Gasteiger partial charge in [0.25, 0.3) is 0 Å². The average Bonchev–Trinajstić information content (AvgIpc) is 2.85. The lowest BCUT2D eigenvalue weighted by molar-refractivity contribution is 0.206. The summed E-state index contributed by atoms with van der Waals surface area (Å²) in [6.45, 7) is 2.30. The highest BCUT2D eigenvalue weighted by molar-refractivity contribution is 7.99. The van der Waals surface area contributed by atoms with Gasteiger partial charge in [0, 0.05) is 16.2 Å². The SMILES string of the molecule is CCCC1CCC(N)(CC2CSc3ccccc32)CC1. The molecule has 2 N–H and O–H groups in total. The zero-order chi connectivity index (χ0) is 14.0. The van der Waals surface area contributed by atoms with Crippen LogP contribution in [0, 0.1) is 5.92 Å². The van der Waals surface area contributed by atoms with Crippen LogP contribution in [-0.2, 0) is 0 Å². The minimum absolute atomic E-state index is 0.104. The van der Waals surface area contributed by atoms with E-state index in [1.807, 2.05) is 11.8 Å². The first-order valence-electron chi connectivity index (χ1n) is 8.21. The second kappa shape index (κ2) is 6.11. The first-order valence-corrected chi connectivity index (χ1v) is 9.19. The molecule has 0 radical (unpaired) electrons. The van der Waals surface area contributed by atoms with E-state index in [-0.39, 0.29) is 5.54 Å². The molecule has 1 saturated carbocycles. The van der Waals surface area contributed by atoms with Crippen molar-refractivity contribution >= 4 is 11.8 Å². The summed E-state index contributed by atoms with van der Waals surface area (Å²) in [4.78, 5) is 1.49. The van der Waals surface area contributed by atoms with Crippen LogP contribution >= 0.6 is 11.8 Å². The molecule has 1 fully saturated rings. The normalized spacial score (nSPS) is 33.1. The molecule has 1 atom stereocenters. The van der Waals surface area contributed by atoms with Gasteiger partial charge in [0.1, 0.15) is 0 Å². The topological polar surface area (TPSA) is 26.0 Å². The van der Waals surface area contributed by atoms with Gasteiger partial charge >= 0.3 is 0 Å². The Kier molecular flexibility index (Phi) is 4.42. The van der Waals surface area contributed by atoms with E-state index in [0.29, 0.717) is 5.92 Å². The molecule has 3 rings (SSSR count). The number of nitrogens with two attached hydrogens (primary N) is 1. The molecule has 1 aromatic carbocycles. The zero-order valence-corrected chi connectivity index (χ0v) is 13.4. The van der Waals surface area contributed by atoms with Crippen molar-refractivity contribution in [2.24, 2.45) is 11.7 Å². The fourth-order valence-electron chi connectivity index (χ4n) is 4.04. The van der Waals surface area contributed by atoms with Crippen LogP contribution in [0.5, 0.6) is 0 Å². The monoisotopic (exact) mass is 289 g/mol. The van der Waals surface area contributed by atoms with Crippen LogP contribution in [-0.4, -0.2) is 11.3 Å². The number of hydrogen-bond donors (Lipinski definition) is 1. The fourth-order valence-corrected chi connectivity index (χ4v) is 5.30. The maximum absolute atomic E-state index is 6.75. The molecule has 1 aromatic rings. The molecule has 2 heteroatoms. The Morgan fingerprint density at radius 2 is 2.00 bits per heavy atom. The summed E-state index contributed by atoms with van der Waals surface area (Å²) in [5.74, 6) is 2.86. The number of fused-ring (bicyclic) bond motifs is 1. The Morgan fingerprint density at radius 1 is 1.25 bits per heavy atom. The smallest absolute Gasteiger partial charge is 0.0160 e. The highest BCUT2D eigenvalue weighted by atomic mass is 32.2. The van der Waals surface area contributed by atoms with Crippen LogP contribution in [0.15, 0.2) is 29.2 Å². The van der Waals surface area contributed by atoms with Crippen LogP contribution in [0.4, 0.5) is 0 Å². The van der Waals surface area contributed by atoms with Gasteiger partial charge in [0.2, 0.25) is 0 Å². The van der Waals surface area contributed by atoms with E-state index in [1.165, 1.54) is 55.6 Å². The van der Waals surface area contributed by atoms with Crippen molar-refractivity contribution in [1.29, 1.82) is 0 Å². The van der Waals surface area contributed by atoms with Gasteiger partial charge in [-0.1, -0.05) is 38.0 Å². The van der Waals surface area contributed by atoms with Gasteiger partial charge in [-0.2, -0.15) is 0 Å². The highest BCUT2D eigenvalue weighted by Crippen LogP contribution is 2.45. The summed E-state index contributed by atoms with van der Waals surface area (Å²) < 4.78 is 0. The van der Waals surface area contributed by atoms with Crippen LogP contribution in [0.3, 0.4) is 0 Å². The molecule has 0 aromatic heterocycles. The quantitative estimate of drug-likeness (QED) is 0.848. The molecule has 0 bridgehead atoms. The van der Waals surface area contributed by atoms with Crippen LogP contribution < -0.4 is 5.73 Å². The lowest BCUT2D eigenvalue weighted by atomic mass is 9.71.